The minimum absolute atomic E-state index is 0. The number of piperidine rings is 1. The number of nitrogens with one attached hydrogen (secondary N) is 2. The molecule has 0 aromatic heterocycles. The van der Waals surface area contributed by atoms with Gasteiger partial charge in [-0.1, -0.05) is 0 Å². The number of hydrogen-bond acceptors (Lipinski definition) is 4. The summed E-state index contributed by atoms with van der Waals surface area (Å²) in [5.74, 6) is 1.54. The van der Waals surface area contributed by atoms with Gasteiger partial charge in [0.25, 0.3) is 0 Å². The van der Waals surface area contributed by atoms with Crippen LogP contribution in [0.2, 0.25) is 0 Å². The van der Waals surface area contributed by atoms with Gasteiger partial charge in [-0.2, -0.15) is 0 Å². The Morgan fingerprint density at radius 3 is 2.61 bits per heavy atom. The molecule has 0 bridgehead atoms. The normalized spacial score (nSPS) is 15.0. The van der Waals surface area contributed by atoms with Crippen molar-refractivity contribution in [3.05, 3.63) is 30.1 Å². The number of nitrogens with zero attached hydrogens (tertiary/aromatic N) is 2. The Labute approximate surface area is 188 Å². The van der Waals surface area contributed by atoms with E-state index in [1.165, 1.54) is 12.1 Å². The van der Waals surface area contributed by atoms with E-state index in [-0.39, 0.29) is 35.9 Å². The number of rotatable bonds is 7. The van der Waals surface area contributed by atoms with Crippen LogP contribution in [0.25, 0.3) is 0 Å². The number of amides is 1. The van der Waals surface area contributed by atoms with E-state index in [1.807, 2.05) is 6.92 Å². The first-order valence-electron chi connectivity index (χ1n) is 9.39. The number of ether oxygens (including phenoxy) is 1. The predicted molar refractivity (Wildman–Crippen MR) is 123 cm³/mol. The van der Waals surface area contributed by atoms with Gasteiger partial charge in [0.05, 0.1) is 6.61 Å². The number of hydrogen-bond donors (Lipinski definition) is 2. The largest absolute Gasteiger partial charge is 0.450 e. The smallest absolute Gasteiger partial charge is 0.409 e. The summed E-state index contributed by atoms with van der Waals surface area (Å²) < 4.78 is 17.9. The van der Waals surface area contributed by atoms with Gasteiger partial charge in [-0.25, -0.2) is 9.18 Å². The molecule has 0 spiro atoms. The van der Waals surface area contributed by atoms with Crippen molar-refractivity contribution in [3.63, 3.8) is 0 Å². The maximum Gasteiger partial charge on any atom is 0.409 e. The lowest BCUT2D eigenvalue weighted by Crippen LogP contribution is -2.50. The number of benzene rings is 1. The van der Waals surface area contributed by atoms with Crippen molar-refractivity contribution < 1.29 is 13.9 Å². The molecule has 0 aliphatic carbocycles. The van der Waals surface area contributed by atoms with Crippen molar-refractivity contribution in [3.8, 4) is 0 Å². The van der Waals surface area contributed by atoms with Crippen LogP contribution in [0.5, 0.6) is 0 Å². The average Bonchev–Trinajstić information content (AvgIpc) is 2.69. The first kappa shape index (κ1) is 24.8. The minimum Gasteiger partial charge on any atom is -0.450 e. The van der Waals surface area contributed by atoms with Gasteiger partial charge in [-0.3, -0.25) is 4.99 Å². The van der Waals surface area contributed by atoms with Gasteiger partial charge in [0.1, 0.15) is 5.82 Å². The molecule has 1 aromatic carbocycles. The Hall–Kier alpha value is -1.23. The standard InChI is InChI=1S/C19H29FN4O2S.HI/c1-3-26-19(25)24-12-9-16(10-13-24)23-18(21-2)22-11-4-14-27-17-7-5-15(20)6-8-17;/h5-8,16H,3-4,9-14H2,1-2H3,(H2,21,22,23);1H. The van der Waals surface area contributed by atoms with Crippen LogP contribution in [0.3, 0.4) is 0 Å². The number of carbonyl (C=O) groups is 1. The molecule has 158 valence electrons. The Balaban J connectivity index is 0.00000392. The SMILES string of the molecule is CCOC(=O)N1CCC(NC(=NC)NCCCSc2ccc(F)cc2)CC1.I. The van der Waals surface area contributed by atoms with Crippen molar-refractivity contribution in [2.75, 3.05) is 39.0 Å². The lowest BCUT2D eigenvalue weighted by atomic mass is 10.1. The van der Waals surface area contributed by atoms with Crippen molar-refractivity contribution >= 4 is 47.8 Å². The summed E-state index contributed by atoms with van der Waals surface area (Å²) in [4.78, 5) is 18.8. The Morgan fingerprint density at radius 2 is 2.00 bits per heavy atom. The maximum atomic E-state index is 12.9. The molecule has 6 nitrogen and oxygen atoms in total. The fourth-order valence-electron chi connectivity index (χ4n) is 2.81. The third-order valence-corrected chi connectivity index (χ3v) is 5.38. The number of thioether (sulfide) groups is 1. The number of halogens is 2. The molecule has 2 rings (SSSR count). The lowest BCUT2D eigenvalue weighted by Gasteiger charge is -2.32. The number of likely N-dealkylation sites (tertiary alicyclic amines) is 1. The van der Waals surface area contributed by atoms with Gasteiger partial charge in [-0.15, -0.1) is 35.7 Å². The molecule has 0 unspecified atom stereocenters. The van der Waals surface area contributed by atoms with Crippen LogP contribution in [0.1, 0.15) is 26.2 Å². The van der Waals surface area contributed by atoms with E-state index in [4.69, 9.17) is 4.74 Å². The van der Waals surface area contributed by atoms with Crippen molar-refractivity contribution in [2.24, 2.45) is 4.99 Å². The second kappa shape index (κ2) is 13.9. The van der Waals surface area contributed by atoms with Crippen molar-refractivity contribution in [2.45, 2.75) is 37.1 Å². The van der Waals surface area contributed by atoms with E-state index in [9.17, 15) is 9.18 Å². The average molecular weight is 524 g/mol. The first-order chi connectivity index (χ1) is 13.1. The summed E-state index contributed by atoms with van der Waals surface area (Å²) in [7, 11) is 1.76. The molecule has 1 amide bonds. The van der Waals surface area contributed by atoms with E-state index in [1.54, 1.807) is 35.8 Å². The van der Waals surface area contributed by atoms with Gasteiger partial charge in [0.2, 0.25) is 0 Å². The topological polar surface area (TPSA) is 66.0 Å². The highest BCUT2D eigenvalue weighted by molar-refractivity contribution is 14.0. The van der Waals surface area contributed by atoms with Gasteiger partial charge in [-0.05, 0) is 56.2 Å². The van der Waals surface area contributed by atoms with Crippen LogP contribution in [-0.2, 0) is 4.74 Å². The summed E-state index contributed by atoms with van der Waals surface area (Å²) in [6.45, 7) is 4.44. The first-order valence-corrected chi connectivity index (χ1v) is 10.4. The minimum atomic E-state index is -0.225. The molecular weight excluding hydrogens is 494 g/mol. The highest BCUT2D eigenvalue weighted by Crippen LogP contribution is 2.18. The maximum absolute atomic E-state index is 12.9. The Morgan fingerprint density at radius 1 is 1.32 bits per heavy atom. The van der Waals surface area contributed by atoms with Crippen LogP contribution >= 0.6 is 35.7 Å². The Bertz CT molecular complexity index is 610. The fraction of sp³-hybridized carbons (Fsp3) is 0.579. The summed E-state index contributed by atoms with van der Waals surface area (Å²) >= 11 is 1.71. The molecule has 0 atom stereocenters. The molecule has 2 N–H and O–H groups in total. The molecule has 1 heterocycles. The summed E-state index contributed by atoms with van der Waals surface area (Å²) in [6.07, 6.45) is 2.50. The number of guanidine groups is 1. The Kier molecular flexibility index (Phi) is 12.3. The quantitative estimate of drug-likeness (QED) is 0.187. The lowest BCUT2D eigenvalue weighted by molar-refractivity contribution is 0.0963. The molecule has 28 heavy (non-hydrogen) atoms. The predicted octanol–water partition coefficient (Wildman–Crippen LogP) is 3.71. The molecule has 1 saturated heterocycles. The number of carbonyl (C=O) groups excluding carboxylic acids is 1. The molecule has 9 heteroatoms. The van der Waals surface area contributed by atoms with Gasteiger partial charge in [0, 0.05) is 37.6 Å². The van der Waals surface area contributed by atoms with E-state index in [0.29, 0.717) is 25.7 Å². The highest BCUT2D eigenvalue weighted by atomic mass is 127. The number of aliphatic imine (C=N–C) groups is 1. The second-order valence-corrected chi connectivity index (χ2v) is 7.43. The van der Waals surface area contributed by atoms with Gasteiger partial charge in [0.15, 0.2) is 5.96 Å². The third kappa shape index (κ3) is 8.85. The zero-order valence-electron chi connectivity index (χ0n) is 16.4. The fourth-order valence-corrected chi connectivity index (χ4v) is 3.66. The van der Waals surface area contributed by atoms with Gasteiger partial charge < -0.3 is 20.3 Å². The molecule has 1 fully saturated rings. The molecule has 1 aromatic rings. The molecule has 0 radical (unpaired) electrons. The summed E-state index contributed by atoms with van der Waals surface area (Å²) in [5.41, 5.74) is 0. The van der Waals surface area contributed by atoms with Crippen LogP contribution < -0.4 is 10.6 Å². The molecular formula is C19H30FIN4O2S. The van der Waals surface area contributed by atoms with Gasteiger partial charge >= 0.3 is 6.09 Å². The van der Waals surface area contributed by atoms with Crippen LogP contribution in [-0.4, -0.2) is 62.0 Å². The highest BCUT2D eigenvalue weighted by Gasteiger charge is 2.23. The third-order valence-electron chi connectivity index (χ3n) is 4.28. The van der Waals surface area contributed by atoms with E-state index in [0.717, 1.165) is 42.4 Å². The molecule has 0 saturated carbocycles. The van der Waals surface area contributed by atoms with Crippen molar-refractivity contribution in [1.82, 2.24) is 15.5 Å². The zero-order chi connectivity index (χ0) is 19.5. The zero-order valence-corrected chi connectivity index (χ0v) is 19.6. The summed E-state index contributed by atoms with van der Waals surface area (Å²) in [6, 6.07) is 6.88. The van der Waals surface area contributed by atoms with E-state index in [2.05, 4.69) is 15.6 Å². The van der Waals surface area contributed by atoms with Crippen molar-refractivity contribution in [1.29, 1.82) is 0 Å². The molecule has 1 aliphatic heterocycles. The monoisotopic (exact) mass is 524 g/mol. The second-order valence-electron chi connectivity index (χ2n) is 6.26. The van der Waals surface area contributed by atoms with E-state index < -0.39 is 0 Å². The van der Waals surface area contributed by atoms with Crippen LogP contribution in [0.15, 0.2) is 34.2 Å². The molecule has 1 aliphatic rings. The van der Waals surface area contributed by atoms with Crippen LogP contribution in [0, 0.1) is 5.82 Å². The summed E-state index contributed by atoms with van der Waals surface area (Å²) in [5, 5.41) is 6.75. The van der Waals surface area contributed by atoms with Crippen LogP contribution in [0.4, 0.5) is 9.18 Å². The van der Waals surface area contributed by atoms with E-state index >= 15 is 0 Å².